The third-order valence-electron chi connectivity index (χ3n) is 6.25. The Labute approximate surface area is 190 Å². The Balaban J connectivity index is 1.33. The molecule has 172 valence electrons. The highest BCUT2D eigenvalue weighted by molar-refractivity contribution is 6.09. The first-order valence-corrected chi connectivity index (χ1v) is 10.8. The lowest BCUT2D eigenvalue weighted by molar-refractivity contribution is -0.140. The number of likely N-dealkylation sites (tertiary alicyclic amines) is 1. The van der Waals surface area contributed by atoms with E-state index in [1.165, 1.54) is 31.2 Å². The molecule has 0 saturated carbocycles. The standard InChI is InChI=1S/C24H25FN4O4/c1-24(17-7-9-18(25)10-8-17)22(32)29(23(33)27-24)15-20(30)28-13-11-16(12-14-28)21(31)26-19-5-3-2-4-6-19/h2-10,16H,11-15H2,1H3,(H,26,31)(H,27,33). The van der Waals surface area contributed by atoms with Crippen LogP contribution in [0, 0.1) is 11.7 Å². The molecular formula is C24H25FN4O4. The van der Waals surface area contributed by atoms with Gasteiger partial charge in [-0.05, 0) is 49.6 Å². The summed E-state index contributed by atoms with van der Waals surface area (Å²) in [7, 11) is 0. The van der Waals surface area contributed by atoms with Crippen LogP contribution in [0.4, 0.5) is 14.9 Å². The summed E-state index contributed by atoms with van der Waals surface area (Å²) in [6.07, 6.45) is 0.996. The molecule has 33 heavy (non-hydrogen) atoms. The zero-order valence-electron chi connectivity index (χ0n) is 18.2. The fourth-order valence-electron chi connectivity index (χ4n) is 4.21. The van der Waals surface area contributed by atoms with Crippen molar-refractivity contribution in [3.05, 3.63) is 66.0 Å². The van der Waals surface area contributed by atoms with Crippen LogP contribution in [0.2, 0.25) is 0 Å². The van der Waals surface area contributed by atoms with Gasteiger partial charge in [0, 0.05) is 24.7 Å². The summed E-state index contributed by atoms with van der Waals surface area (Å²) in [5.41, 5.74) is -0.209. The van der Waals surface area contributed by atoms with Crippen LogP contribution in [0.15, 0.2) is 54.6 Å². The van der Waals surface area contributed by atoms with Gasteiger partial charge in [0.05, 0.1) is 0 Å². The van der Waals surface area contributed by atoms with Gasteiger partial charge in [-0.25, -0.2) is 9.18 Å². The van der Waals surface area contributed by atoms with Gasteiger partial charge in [0.1, 0.15) is 17.9 Å². The van der Waals surface area contributed by atoms with E-state index in [4.69, 9.17) is 0 Å². The first kappa shape index (κ1) is 22.4. The molecule has 2 aromatic rings. The van der Waals surface area contributed by atoms with Crippen LogP contribution in [0.3, 0.4) is 0 Å². The molecule has 2 aliphatic heterocycles. The maximum atomic E-state index is 13.3. The minimum absolute atomic E-state index is 0.0857. The Morgan fingerprint density at radius 3 is 2.33 bits per heavy atom. The lowest BCUT2D eigenvalue weighted by atomic mass is 9.92. The number of benzene rings is 2. The summed E-state index contributed by atoms with van der Waals surface area (Å²) in [5, 5.41) is 5.49. The molecular weight excluding hydrogens is 427 g/mol. The summed E-state index contributed by atoms with van der Waals surface area (Å²) >= 11 is 0. The van der Waals surface area contributed by atoms with Gasteiger partial charge in [-0.1, -0.05) is 30.3 Å². The highest BCUT2D eigenvalue weighted by Crippen LogP contribution is 2.29. The number of rotatable bonds is 5. The van der Waals surface area contributed by atoms with E-state index in [9.17, 15) is 23.6 Å². The quantitative estimate of drug-likeness (QED) is 0.681. The number of piperidine rings is 1. The van der Waals surface area contributed by atoms with Crippen LogP contribution in [-0.2, 0) is 19.9 Å². The van der Waals surface area contributed by atoms with E-state index in [0.717, 1.165) is 10.6 Å². The second kappa shape index (κ2) is 9.01. The lowest BCUT2D eigenvalue weighted by Crippen LogP contribution is -2.47. The minimum Gasteiger partial charge on any atom is -0.341 e. The van der Waals surface area contributed by atoms with E-state index in [1.807, 2.05) is 30.3 Å². The number of amides is 5. The van der Waals surface area contributed by atoms with Crippen LogP contribution in [0.1, 0.15) is 25.3 Å². The molecule has 2 aliphatic rings. The molecule has 1 atom stereocenters. The molecule has 2 fully saturated rings. The van der Waals surface area contributed by atoms with Crippen molar-refractivity contribution in [2.24, 2.45) is 5.92 Å². The van der Waals surface area contributed by atoms with E-state index in [0.29, 0.717) is 31.5 Å². The van der Waals surface area contributed by atoms with Crippen molar-refractivity contribution in [3.8, 4) is 0 Å². The number of para-hydroxylation sites is 1. The van der Waals surface area contributed by atoms with Crippen LogP contribution >= 0.6 is 0 Å². The SMILES string of the molecule is CC1(c2ccc(F)cc2)NC(=O)N(CC(=O)N2CCC(C(=O)Nc3ccccc3)CC2)C1=O. The van der Waals surface area contributed by atoms with Crippen molar-refractivity contribution in [1.82, 2.24) is 15.1 Å². The van der Waals surface area contributed by atoms with Gasteiger partial charge in [0.25, 0.3) is 5.91 Å². The molecule has 2 N–H and O–H groups in total. The van der Waals surface area contributed by atoms with Crippen LogP contribution in [0.25, 0.3) is 0 Å². The Hall–Kier alpha value is -3.75. The number of halogens is 1. The predicted octanol–water partition coefficient (Wildman–Crippen LogP) is 2.47. The molecule has 9 heteroatoms. The molecule has 4 rings (SSSR count). The number of hydrogen-bond donors (Lipinski definition) is 2. The molecule has 8 nitrogen and oxygen atoms in total. The number of hydrogen-bond acceptors (Lipinski definition) is 4. The highest BCUT2D eigenvalue weighted by Gasteiger charge is 2.49. The van der Waals surface area contributed by atoms with Gasteiger partial charge in [0.15, 0.2) is 0 Å². The Morgan fingerprint density at radius 1 is 1.06 bits per heavy atom. The van der Waals surface area contributed by atoms with Gasteiger partial charge in [-0.2, -0.15) is 0 Å². The van der Waals surface area contributed by atoms with E-state index >= 15 is 0 Å². The van der Waals surface area contributed by atoms with Crippen LogP contribution in [0.5, 0.6) is 0 Å². The molecule has 0 aliphatic carbocycles. The molecule has 2 heterocycles. The molecule has 0 aromatic heterocycles. The van der Waals surface area contributed by atoms with Gasteiger partial charge < -0.3 is 15.5 Å². The third kappa shape index (κ3) is 4.57. The van der Waals surface area contributed by atoms with Crippen molar-refractivity contribution in [3.63, 3.8) is 0 Å². The van der Waals surface area contributed by atoms with Gasteiger partial charge in [-0.15, -0.1) is 0 Å². The molecule has 0 radical (unpaired) electrons. The maximum Gasteiger partial charge on any atom is 0.325 e. The first-order chi connectivity index (χ1) is 15.8. The number of anilines is 1. The molecule has 0 bridgehead atoms. The maximum absolute atomic E-state index is 13.3. The largest absolute Gasteiger partial charge is 0.341 e. The molecule has 2 saturated heterocycles. The fourth-order valence-corrected chi connectivity index (χ4v) is 4.21. The lowest BCUT2D eigenvalue weighted by Gasteiger charge is -2.32. The molecule has 2 aromatic carbocycles. The highest BCUT2D eigenvalue weighted by atomic mass is 19.1. The monoisotopic (exact) mass is 452 g/mol. The Kier molecular flexibility index (Phi) is 6.13. The van der Waals surface area contributed by atoms with E-state index in [2.05, 4.69) is 10.6 Å². The zero-order chi connectivity index (χ0) is 23.6. The summed E-state index contributed by atoms with van der Waals surface area (Å²) in [6.45, 7) is 1.87. The molecule has 5 amide bonds. The first-order valence-electron chi connectivity index (χ1n) is 10.8. The molecule has 1 unspecified atom stereocenters. The second-order valence-electron chi connectivity index (χ2n) is 8.46. The van der Waals surface area contributed by atoms with E-state index in [-0.39, 0.29) is 24.3 Å². The van der Waals surface area contributed by atoms with Crippen molar-refractivity contribution in [2.45, 2.75) is 25.3 Å². The number of nitrogens with zero attached hydrogens (tertiary/aromatic N) is 2. The van der Waals surface area contributed by atoms with Gasteiger partial charge in [-0.3, -0.25) is 19.3 Å². The van der Waals surface area contributed by atoms with E-state index in [1.54, 1.807) is 4.90 Å². The second-order valence-corrected chi connectivity index (χ2v) is 8.46. The predicted molar refractivity (Wildman–Crippen MR) is 118 cm³/mol. The number of imide groups is 1. The Bertz CT molecular complexity index is 1070. The summed E-state index contributed by atoms with van der Waals surface area (Å²) in [6, 6.07) is 13.8. The summed E-state index contributed by atoms with van der Waals surface area (Å²) in [4.78, 5) is 53.2. The topological polar surface area (TPSA) is 98.8 Å². The number of urea groups is 1. The third-order valence-corrected chi connectivity index (χ3v) is 6.25. The summed E-state index contributed by atoms with van der Waals surface area (Å²) in [5.74, 6) is -1.68. The van der Waals surface area contributed by atoms with Gasteiger partial charge in [0.2, 0.25) is 11.8 Å². The smallest absolute Gasteiger partial charge is 0.325 e. The van der Waals surface area contributed by atoms with Crippen molar-refractivity contribution in [1.29, 1.82) is 0 Å². The summed E-state index contributed by atoms with van der Waals surface area (Å²) < 4.78 is 13.3. The van der Waals surface area contributed by atoms with E-state index < -0.39 is 23.3 Å². The molecule has 0 spiro atoms. The minimum atomic E-state index is -1.37. The van der Waals surface area contributed by atoms with Crippen molar-refractivity contribution in [2.75, 3.05) is 25.0 Å². The van der Waals surface area contributed by atoms with Crippen LogP contribution in [-0.4, -0.2) is 53.2 Å². The number of nitrogens with one attached hydrogen (secondary N) is 2. The Morgan fingerprint density at radius 2 is 1.70 bits per heavy atom. The normalized spacial score (nSPS) is 21.2. The zero-order valence-corrected chi connectivity index (χ0v) is 18.2. The number of carbonyl (C=O) groups is 4. The van der Waals surface area contributed by atoms with Crippen molar-refractivity contribution < 1.29 is 23.6 Å². The van der Waals surface area contributed by atoms with Gasteiger partial charge >= 0.3 is 6.03 Å². The average molecular weight is 452 g/mol. The average Bonchev–Trinajstić information content (AvgIpc) is 3.04. The van der Waals surface area contributed by atoms with Crippen molar-refractivity contribution >= 4 is 29.4 Å². The van der Waals surface area contributed by atoms with Crippen LogP contribution < -0.4 is 10.6 Å². The fraction of sp³-hybridized carbons (Fsp3) is 0.333. The number of carbonyl (C=O) groups excluding carboxylic acids is 4.